The number of allylic oxidation sites excluding steroid dienone is 7. The summed E-state index contributed by atoms with van der Waals surface area (Å²) in [5.41, 5.74) is 13.4. The van der Waals surface area contributed by atoms with Crippen molar-refractivity contribution >= 4 is 34.1 Å². The third-order valence-corrected chi connectivity index (χ3v) is 9.64. The molecule has 4 heteroatoms. The van der Waals surface area contributed by atoms with Gasteiger partial charge in [0.1, 0.15) is 11.6 Å². The molecule has 0 saturated carbocycles. The first kappa shape index (κ1) is 34.1. The van der Waals surface area contributed by atoms with Crippen molar-refractivity contribution < 1.29 is 0 Å². The van der Waals surface area contributed by atoms with Crippen LogP contribution in [-0.2, 0) is 14.1 Å². The fraction of sp³-hybridized carbons (Fsp3) is 0.174. The van der Waals surface area contributed by atoms with Crippen molar-refractivity contribution in [3.05, 3.63) is 156 Å². The number of aromatic nitrogens is 4. The van der Waals surface area contributed by atoms with Crippen molar-refractivity contribution in [3.8, 4) is 33.6 Å². The van der Waals surface area contributed by atoms with E-state index in [9.17, 15) is 0 Å². The second-order valence-corrected chi connectivity index (χ2v) is 12.7. The SMILES string of the molecule is C=C(/C=C\C(=C/C)c1cccc2c(-c3ccc(-c4ccc(-c5nc(/C=C\CC)c(C)n5C)cc4)cc3)cccc12)c1nc(/C=C\C)c(C)n1C. The molecule has 0 aliphatic rings. The lowest BCUT2D eigenvalue weighted by Gasteiger charge is -2.13. The van der Waals surface area contributed by atoms with Crippen molar-refractivity contribution in [1.29, 1.82) is 0 Å². The summed E-state index contributed by atoms with van der Waals surface area (Å²) >= 11 is 0. The number of hydrogen-bond acceptors (Lipinski definition) is 2. The van der Waals surface area contributed by atoms with Gasteiger partial charge in [0.25, 0.3) is 0 Å². The molecule has 6 rings (SSSR count). The second-order valence-electron chi connectivity index (χ2n) is 12.7. The van der Waals surface area contributed by atoms with Gasteiger partial charge in [0.2, 0.25) is 0 Å². The average molecular weight is 655 g/mol. The average Bonchev–Trinajstić information content (AvgIpc) is 3.59. The lowest BCUT2D eigenvalue weighted by atomic mass is 9.91. The molecule has 0 radical (unpaired) electrons. The minimum atomic E-state index is 0.874. The smallest absolute Gasteiger partial charge is 0.140 e. The Labute approximate surface area is 297 Å². The molecule has 0 unspecified atom stereocenters. The van der Waals surface area contributed by atoms with E-state index in [1.165, 1.54) is 44.3 Å². The molecule has 4 nitrogen and oxygen atoms in total. The summed E-state index contributed by atoms with van der Waals surface area (Å²) < 4.78 is 4.27. The predicted octanol–water partition coefficient (Wildman–Crippen LogP) is 12.1. The lowest BCUT2D eigenvalue weighted by Crippen LogP contribution is -1.97. The minimum absolute atomic E-state index is 0.874. The van der Waals surface area contributed by atoms with Crippen molar-refractivity contribution in [3.63, 3.8) is 0 Å². The molecule has 0 bridgehead atoms. The normalized spacial score (nSPS) is 12.3. The Kier molecular flexibility index (Phi) is 10.1. The van der Waals surface area contributed by atoms with E-state index in [1.807, 2.05) is 26.1 Å². The molecule has 6 aromatic rings. The van der Waals surface area contributed by atoms with Gasteiger partial charge in [-0.25, -0.2) is 9.97 Å². The Morgan fingerprint density at radius 2 is 1.28 bits per heavy atom. The molecule has 0 aliphatic heterocycles. The number of fused-ring (bicyclic) bond motifs is 1. The molecule has 4 aromatic carbocycles. The summed E-state index contributed by atoms with van der Waals surface area (Å²) in [6, 6.07) is 30.8. The van der Waals surface area contributed by atoms with Gasteiger partial charge in [0.15, 0.2) is 0 Å². The summed E-state index contributed by atoms with van der Waals surface area (Å²) in [5, 5.41) is 2.44. The Morgan fingerprint density at radius 3 is 1.94 bits per heavy atom. The highest BCUT2D eigenvalue weighted by Gasteiger charge is 2.14. The van der Waals surface area contributed by atoms with Crippen molar-refractivity contribution in [2.45, 2.75) is 41.0 Å². The molecule has 50 heavy (non-hydrogen) atoms. The molecule has 0 N–H and O–H groups in total. The Balaban J connectivity index is 1.25. The van der Waals surface area contributed by atoms with Crippen molar-refractivity contribution in [2.75, 3.05) is 0 Å². The molecular weight excluding hydrogens is 609 g/mol. The maximum Gasteiger partial charge on any atom is 0.140 e. The maximum atomic E-state index is 4.91. The van der Waals surface area contributed by atoms with E-state index < -0.39 is 0 Å². The molecule has 2 heterocycles. The van der Waals surface area contributed by atoms with Crippen molar-refractivity contribution in [2.24, 2.45) is 14.1 Å². The predicted molar refractivity (Wildman–Crippen MR) is 216 cm³/mol. The van der Waals surface area contributed by atoms with Gasteiger partial charge in [-0.15, -0.1) is 0 Å². The van der Waals surface area contributed by atoms with Gasteiger partial charge in [-0.1, -0.05) is 129 Å². The highest BCUT2D eigenvalue weighted by molar-refractivity contribution is 6.03. The summed E-state index contributed by atoms with van der Waals surface area (Å²) in [5.74, 6) is 1.86. The molecule has 0 fully saturated rings. The van der Waals surface area contributed by atoms with Crippen LogP contribution in [0.2, 0.25) is 0 Å². The fourth-order valence-corrected chi connectivity index (χ4v) is 6.52. The van der Waals surface area contributed by atoms with Gasteiger partial charge in [-0.2, -0.15) is 0 Å². The van der Waals surface area contributed by atoms with Crippen LogP contribution in [0, 0.1) is 13.8 Å². The zero-order chi connectivity index (χ0) is 35.4. The van der Waals surface area contributed by atoms with Gasteiger partial charge in [0, 0.05) is 36.6 Å². The van der Waals surface area contributed by atoms with Crippen LogP contribution in [0.5, 0.6) is 0 Å². The first-order valence-electron chi connectivity index (χ1n) is 17.4. The molecule has 0 saturated heterocycles. The Hall–Kier alpha value is -5.74. The van der Waals surface area contributed by atoms with Gasteiger partial charge >= 0.3 is 0 Å². The van der Waals surface area contributed by atoms with E-state index >= 15 is 0 Å². The van der Waals surface area contributed by atoms with Crippen LogP contribution in [0.1, 0.15) is 61.4 Å². The second kappa shape index (κ2) is 14.8. The number of rotatable bonds is 10. The van der Waals surface area contributed by atoms with E-state index in [0.717, 1.165) is 51.9 Å². The van der Waals surface area contributed by atoms with Gasteiger partial charge < -0.3 is 9.13 Å². The number of hydrogen-bond donors (Lipinski definition) is 0. The largest absolute Gasteiger partial charge is 0.331 e. The summed E-state index contributed by atoms with van der Waals surface area (Å²) in [4.78, 5) is 9.74. The summed E-state index contributed by atoms with van der Waals surface area (Å²) in [6.07, 6.45) is 15.7. The van der Waals surface area contributed by atoms with E-state index in [0.29, 0.717) is 0 Å². The number of benzene rings is 4. The first-order chi connectivity index (χ1) is 24.2. The maximum absolute atomic E-state index is 4.91. The zero-order valence-electron chi connectivity index (χ0n) is 30.3. The van der Waals surface area contributed by atoms with Crippen LogP contribution in [0.4, 0.5) is 0 Å². The van der Waals surface area contributed by atoms with Crippen LogP contribution in [0.15, 0.2) is 122 Å². The van der Waals surface area contributed by atoms with Crippen molar-refractivity contribution in [1.82, 2.24) is 19.1 Å². The minimum Gasteiger partial charge on any atom is -0.331 e. The molecule has 250 valence electrons. The highest BCUT2D eigenvalue weighted by atomic mass is 15.1. The number of imidazole rings is 2. The molecule has 2 aromatic heterocycles. The van der Waals surface area contributed by atoms with Gasteiger partial charge in [-0.3, -0.25) is 0 Å². The van der Waals surface area contributed by atoms with Crippen LogP contribution in [0.25, 0.3) is 67.7 Å². The van der Waals surface area contributed by atoms with Gasteiger partial charge in [-0.05, 0) is 90.4 Å². The topological polar surface area (TPSA) is 35.6 Å². The fourth-order valence-electron chi connectivity index (χ4n) is 6.52. The standard InChI is InChI=1S/C46H46N4/c1-9-12-20-44-33(6)50(8)46(48-44)38-29-25-36(26-30-38)35-23-27-37(28-24-35)40-17-14-18-41-39(16-13-19-42(40)41)34(11-3)22-21-31(4)45-47-43(15-10-2)32(5)49(45)7/h10-30H,4,9H2,1-3,5-8H3/b15-10-,20-12-,22-21-,34-11+. The van der Waals surface area contributed by atoms with Crippen LogP contribution in [-0.4, -0.2) is 19.1 Å². The highest BCUT2D eigenvalue weighted by Crippen LogP contribution is 2.35. The van der Waals surface area contributed by atoms with Crippen LogP contribution >= 0.6 is 0 Å². The third kappa shape index (κ3) is 6.62. The van der Waals surface area contributed by atoms with E-state index in [2.05, 4.69) is 166 Å². The number of nitrogens with zero attached hydrogens (tertiary/aromatic N) is 4. The lowest BCUT2D eigenvalue weighted by molar-refractivity contribution is 0.856. The van der Waals surface area contributed by atoms with E-state index in [-0.39, 0.29) is 0 Å². The summed E-state index contributed by atoms with van der Waals surface area (Å²) in [7, 11) is 4.13. The summed E-state index contributed by atoms with van der Waals surface area (Å²) in [6.45, 7) is 14.8. The molecule has 0 amide bonds. The van der Waals surface area contributed by atoms with E-state index in [4.69, 9.17) is 9.97 Å². The zero-order valence-corrected chi connectivity index (χ0v) is 30.3. The molecule has 0 aliphatic carbocycles. The quantitative estimate of drug-likeness (QED) is 0.138. The third-order valence-electron chi connectivity index (χ3n) is 9.64. The van der Waals surface area contributed by atoms with Gasteiger partial charge in [0.05, 0.1) is 11.4 Å². The van der Waals surface area contributed by atoms with E-state index in [1.54, 1.807) is 0 Å². The Bertz CT molecular complexity index is 2300. The molecular formula is C46H46N4. The molecule has 0 atom stereocenters. The van der Waals surface area contributed by atoms with Crippen LogP contribution in [0.3, 0.4) is 0 Å². The Morgan fingerprint density at radius 1 is 0.680 bits per heavy atom. The van der Waals surface area contributed by atoms with Crippen LogP contribution < -0.4 is 0 Å². The monoisotopic (exact) mass is 654 g/mol. The first-order valence-corrected chi connectivity index (χ1v) is 17.4. The molecule has 0 spiro atoms.